The van der Waals surface area contributed by atoms with Gasteiger partial charge in [0, 0.05) is 12.7 Å². The predicted molar refractivity (Wildman–Crippen MR) is 85.5 cm³/mol. The summed E-state index contributed by atoms with van der Waals surface area (Å²) in [7, 11) is 0. The number of nitrogens with one attached hydrogen (secondary N) is 4. The molecule has 122 valence electrons. The van der Waals surface area contributed by atoms with Crippen LogP contribution in [0.25, 0.3) is 11.0 Å². The van der Waals surface area contributed by atoms with Gasteiger partial charge < -0.3 is 10.6 Å². The van der Waals surface area contributed by atoms with Gasteiger partial charge in [0.05, 0.1) is 10.9 Å². The molecule has 3 heterocycles. The first-order valence-electron chi connectivity index (χ1n) is 7.58. The highest BCUT2D eigenvalue weighted by molar-refractivity contribution is 5.96. The van der Waals surface area contributed by atoms with Crippen LogP contribution < -0.4 is 21.9 Å². The molecule has 4 N–H and O–H groups in total. The van der Waals surface area contributed by atoms with E-state index in [2.05, 4.69) is 32.5 Å². The molecule has 0 atom stereocenters. The van der Waals surface area contributed by atoms with Crippen LogP contribution in [0.5, 0.6) is 0 Å². The molecule has 2 aromatic heterocycles. The van der Waals surface area contributed by atoms with Gasteiger partial charge in [-0.1, -0.05) is 6.92 Å². The summed E-state index contributed by atoms with van der Waals surface area (Å²) in [4.78, 5) is 43.8. The zero-order valence-corrected chi connectivity index (χ0v) is 12.9. The maximum atomic E-state index is 12.3. The van der Waals surface area contributed by atoms with Gasteiger partial charge in [-0.15, -0.1) is 0 Å². The summed E-state index contributed by atoms with van der Waals surface area (Å²) in [5.41, 5.74) is -0.635. The van der Waals surface area contributed by atoms with E-state index in [0.717, 1.165) is 25.9 Å². The van der Waals surface area contributed by atoms with Gasteiger partial charge in [0.25, 0.3) is 11.5 Å². The minimum atomic E-state index is -0.619. The van der Waals surface area contributed by atoms with Gasteiger partial charge in [-0.05, 0) is 37.4 Å². The molecule has 0 aromatic carbocycles. The quantitative estimate of drug-likeness (QED) is 0.621. The third-order valence-electron chi connectivity index (χ3n) is 4.34. The van der Waals surface area contributed by atoms with Crippen molar-refractivity contribution in [1.82, 2.24) is 25.6 Å². The third-order valence-corrected chi connectivity index (χ3v) is 4.34. The number of aromatic nitrogens is 3. The molecule has 0 bridgehead atoms. The largest absolute Gasteiger partial charge is 0.351 e. The van der Waals surface area contributed by atoms with Crippen LogP contribution in [-0.2, 0) is 0 Å². The summed E-state index contributed by atoms with van der Waals surface area (Å²) in [5.74, 6) is -0.273. The van der Waals surface area contributed by atoms with Gasteiger partial charge in [-0.3, -0.25) is 19.6 Å². The van der Waals surface area contributed by atoms with E-state index in [4.69, 9.17) is 0 Å². The minimum Gasteiger partial charge on any atom is -0.351 e. The highest BCUT2D eigenvalue weighted by atomic mass is 16.2. The first kappa shape index (κ1) is 15.4. The lowest BCUT2D eigenvalue weighted by atomic mass is 9.81. The van der Waals surface area contributed by atoms with Crippen molar-refractivity contribution in [3.63, 3.8) is 0 Å². The average molecular weight is 317 g/mol. The molecule has 1 aliphatic rings. The molecule has 1 aliphatic heterocycles. The molecule has 1 fully saturated rings. The molecular weight excluding hydrogens is 298 g/mol. The molecule has 0 radical (unpaired) electrons. The fourth-order valence-corrected chi connectivity index (χ4v) is 2.77. The second-order valence-electron chi connectivity index (χ2n) is 6.27. The Morgan fingerprint density at radius 3 is 2.78 bits per heavy atom. The SMILES string of the molecule is CC1(CNC(=O)c2cnc3[nH]c(=O)[nH]c(=O)c3c2)CCNCC1. The number of carbonyl (C=O) groups is 1. The van der Waals surface area contributed by atoms with E-state index in [0.29, 0.717) is 12.1 Å². The molecule has 0 saturated carbocycles. The van der Waals surface area contributed by atoms with Crippen LogP contribution in [0, 0.1) is 5.41 Å². The highest BCUT2D eigenvalue weighted by Crippen LogP contribution is 2.26. The van der Waals surface area contributed by atoms with Crippen molar-refractivity contribution in [3.8, 4) is 0 Å². The number of rotatable bonds is 3. The summed E-state index contributed by atoms with van der Waals surface area (Å²) >= 11 is 0. The lowest BCUT2D eigenvalue weighted by Gasteiger charge is -2.34. The van der Waals surface area contributed by atoms with Crippen LogP contribution in [-0.4, -0.2) is 40.5 Å². The molecule has 3 rings (SSSR count). The van der Waals surface area contributed by atoms with Crippen LogP contribution >= 0.6 is 0 Å². The lowest BCUT2D eigenvalue weighted by Crippen LogP contribution is -2.42. The van der Waals surface area contributed by atoms with Crippen LogP contribution in [0.3, 0.4) is 0 Å². The Hall–Kier alpha value is -2.48. The second kappa shape index (κ2) is 5.96. The summed E-state index contributed by atoms with van der Waals surface area (Å²) in [5, 5.41) is 6.40. The Balaban J connectivity index is 1.78. The van der Waals surface area contributed by atoms with Crippen molar-refractivity contribution in [3.05, 3.63) is 38.7 Å². The van der Waals surface area contributed by atoms with Crippen molar-refractivity contribution in [2.45, 2.75) is 19.8 Å². The van der Waals surface area contributed by atoms with E-state index in [9.17, 15) is 14.4 Å². The number of pyridine rings is 1. The van der Waals surface area contributed by atoms with Gasteiger partial charge in [-0.25, -0.2) is 9.78 Å². The molecule has 2 aromatic rings. The molecule has 1 amide bonds. The van der Waals surface area contributed by atoms with Crippen LogP contribution in [0.2, 0.25) is 0 Å². The van der Waals surface area contributed by atoms with Crippen LogP contribution in [0.1, 0.15) is 30.1 Å². The number of hydrogen-bond acceptors (Lipinski definition) is 5. The zero-order chi connectivity index (χ0) is 16.4. The van der Waals surface area contributed by atoms with E-state index < -0.39 is 11.2 Å². The molecule has 1 saturated heterocycles. The maximum Gasteiger partial charge on any atom is 0.327 e. The number of amides is 1. The monoisotopic (exact) mass is 317 g/mol. The van der Waals surface area contributed by atoms with Crippen LogP contribution in [0.15, 0.2) is 21.9 Å². The molecule has 0 spiro atoms. The van der Waals surface area contributed by atoms with Crippen LogP contribution in [0.4, 0.5) is 0 Å². The standard InChI is InChI=1S/C15H19N5O3/c1-15(2-4-16-5-3-15)8-18-12(21)9-6-10-11(17-7-9)19-14(23)20-13(10)22/h6-7,16H,2-5,8H2,1H3,(H,18,21)(H2,17,19,20,22,23). The van der Waals surface area contributed by atoms with Gasteiger partial charge in [0.2, 0.25) is 0 Å². The lowest BCUT2D eigenvalue weighted by molar-refractivity contribution is 0.0922. The summed E-state index contributed by atoms with van der Waals surface area (Å²) in [6.07, 6.45) is 3.37. The Morgan fingerprint density at radius 2 is 2.04 bits per heavy atom. The van der Waals surface area contributed by atoms with E-state index in [1.54, 1.807) is 0 Å². The number of carbonyl (C=O) groups excluding carboxylic acids is 1. The fraction of sp³-hybridized carbons (Fsp3) is 0.467. The van der Waals surface area contributed by atoms with Gasteiger partial charge in [-0.2, -0.15) is 0 Å². The molecule has 23 heavy (non-hydrogen) atoms. The Bertz CT molecular complexity index is 848. The number of hydrogen-bond donors (Lipinski definition) is 4. The first-order valence-corrected chi connectivity index (χ1v) is 7.58. The van der Waals surface area contributed by atoms with Gasteiger partial charge >= 0.3 is 5.69 Å². The second-order valence-corrected chi connectivity index (χ2v) is 6.27. The molecule has 0 aliphatic carbocycles. The predicted octanol–water partition coefficient (Wildman–Crippen LogP) is -0.269. The topological polar surface area (TPSA) is 120 Å². The Labute approximate surface area is 131 Å². The fourth-order valence-electron chi connectivity index (χ4n) is 2.77. The van der Waals surface area contributed by atoms with E-state index >= 15 is 0 Å². The van der Waals surface area contributed by atoms with Crippen molar-refractivity contribution in [2.75, 3.05) is 19.6 Å². The van der Waals surface area contributed by atoms with E-state index in [1.165, 1.54) is 12.3 Å². The van der Waals surface area contributed by atoms with Gasteiger partial charge in [0.15, 0.2) is 0 Å². The number of fused-ring (bicyclic) bond motifs is 1. The van der Waals surface area contributed by atoms with Crippen molar-refractivity contribution < 1.29 is 4.79 Å². The summed E-state index contributed by atoms with van der Waals surface area (Å²) in [6, 6.07) is 1.44. The molecule has 8 nitrogen and oxygen atoms in total. The number of aromatic amines is 2. The molecule has 8 heteroatoms. The zero-order valence-electron chi connectivity index (χ0n) is 12.9. The first-order chi connectivity index (χ1) is 11.0. The van der Waals surface area contributed by atoms with Crippen molar-refractivity contribution >= 4 is 16.9 Å². The Morgan fingerprint density at radius 1 is 1.30 bits per heavy atom. The summed E-state index contributed by atoms with van der Waals surface area (Å²) in [6.45, 7) is 4.63. The van der Waals surface area contributed by atoms with E-state index in [1.807, 2.05) is 0 Å². The van der Waals surface area contributed by atoms with Crippen molar-refractivity contribution in [1.29, 1.82) is 0 Å². The highest BCUT2D eigenvalue weighted by Gasteiger charge is 2.27. The van der Waals surface area contributed by atoms with Gasteiger partial charge in [0.1, 0.15) is 5.65 Å². The third kappa shape index (κ3) is 3.31. The van der Waals surface area contributed by atoms with Crippen molar-refractivity contribution in [2.24, 2.45) is 5.41 Å². The number of nitrogens with zero attached hydrogens (tertiary/aromatic N) is 1. The molecule has 0 unspecified atom stereocenters. The minimum absolute atomic E-state index is 0.0773. The average Bonchev–Trinajstić information content (AvgIpc) is 2.53. The summed E-state index contributed by atoms with van der Waals surface area (Å²) < 4.78 is 0. The van der Waals surface area contributed by atoms with E-state index in [-0.39, 0.29) is 22.4 Å². The maximum absolute atomic E-state index is 12.3. The smallest absolute Gasteiger partial charge is 0.327 e. The number of piperidine rings is 1. The molecular formula is C15H19N5O3. The Kier molecular flexibility index (Phi) is 3.99. The normalized spacial score (nSPS) is 17.1. The number of H-pyrrole nitrogens is 2.